The van der Waals surface area contributed by atoms with E-state index in [1.165, 1.54) is 0 Å². The van der Waals surface area contributed by atoms with E-state index in [1.807, 2.05) is 24.3 Å². The maximum Gasteiger partial charge on any atom is 0.253 e. The Labute approximate surface area is 181 Å². The molecular weight excluding hydrogens is 414 g/mol. The summed E-state index contributed by atoms with van der Waals surface area (Å²) in [6.45, 7) is 3.40. The molecule has 3 aromatic rings. The highest BCUT2D eigenvalue weighted by Crippen LogP contribution is 2.28. The molecule has 3 rings (SSSR count). The zero-order valence-electron chi connectivity index (χ0n) is 17.0. The van der Waals surface area contributed by atoms with Gasteiger partial charge in [-0.15, -0.1) is 6.58 Å². The number of rotatable bonds is 8. The van der Waals surface area contributed by atoms with Crippen LogP contribution in [0.25, 0.3) is 10.8 Å². The number of carbonyl (C=O) groups is 2. The predicted octanol–water partition coefficient (Wildman–Crippen LogP) is 3.16. The number of hydrogen-bond donors (Lipinski definition) is 2. The predicted molar refractivity (Wildman–Crippen MR) is 124 cm³/mol. The molecule has 0 atom stereocenters. The Hall–Kier alpha value is -3.65. The van der Waals surface area contributed by atoms with Gasteiger partial charge in [-0.25, -0.2) is 8.42 Å². The molecule has 2 N–H and O–H groups in total. The summed E-state index contributed by atoms with van der Waals surface area (Å²) >= 11 is 0. The van der Waals surface area contributed by atoms with Gasteiger partial charge in [0.05, 0.1) is 23.2 Å². The van der Waals surface area contributed by atoms with Crippen molar-refractivity contribution in [2.45, 2.75) is 0 Å². The molecule has 8 heteroatoms. The molecular formula is C23H23N3O4S. The summed E-state index contributed by atoms with van der Waals surface area (Å²) < 4.78 is 26.1. The third kappa shape index (κ3) is 5.29. The summed E-state index contributed by atoms with van der Waals surface area (Å²) in [6, 6.07) is 19.1. The molecule has 0 heterocycles. The van der Waals surface area contributed by atoms with Crippen LogP contribution in [0.4, 0.5) is 11.4 Å². The molecule has 3 aromatic carbocycles. The van der Waals surface area contributed by atoms with Gasteiger partial charge in [-0.3, -0.25) is 13.9 Å². The smallest absolute Gasteiger partial charge is 0.253 e. The highest BCUT2D eigenvalue weighted by Gasteiger charge is 2.23. The van der Waals surface area contributed by atoms with Crippen LogP contribution in [-0.4, -0.2) is 39.6 Å². The molecule has 0 saturated heterocycles. The van der Waals surface area contributed by atoms with E-state index >= 15 is 0 Å². The number of para-hydroxylation sites is 1. The van der Waals surface area contributed by atoms with E-state index < -0.39 is 22.5 Å². The molecule has 0 unspecified atom stereocenters. The molecule has 0 saturated carbocycles. The molecule has 2 amide bonds. The van der Waals surface area contributed by atoms with Crippen LogP contribution < -0.4 is 14.9 Å². The van der Waals surface area contributed by atoms with Crippen molar-refractivity contribution < 1.29 is 18.0 Å². The summed E-state index contributed by atoms with van der Waals surface area (Å²) in [5.41, 5.74) is 0.974. The summed E-state index contributed by atoms with van der Waals surface area (Å²) in [6.07, 6.45) is 2.60. The summed E-state index contributed by atoms with van der Waals surface area (Å²) in [5, 5.41) is 6.89. The van der Waals surface area contributed by atoms with E-state index in [2.05, 4.69) is 17.2 Å². The van der Waals surface area contributed by atoms with Crippen LogP contribution in [0, 0.1) is 0 Å². The van der Waals surface area contributed by atoms with Gasteiger partial charge >= 0.3 is 0 Å². The van der Waals surface area contributed by atoms with Gasteiger partial charge in [0, 0.05) is 11.9 Å². The first-order valence-corrected chi connectivity index (χ1v) is 11.4. The van der Waals surface area contributed by atoms with Gasteiger partial charge in [0.1, 0.15) is 6.54 Å². The number of anilines is 2. The second-order valence-electron chi connectivity index (χ2n) is 6.86. The molecule has 7 nitrogen and oxygen atoms in total. The molecule has 31 heavy (non-hydrogen) atoms. The van der Waals surface area contributed by atoms with Crippen molar-refractivity contribution in [1.82, 2.24) is 5.32 Å². The van der Waals surface area contributed by atoms with Gasteiger partial charge in [-0.05, 0) is 23.6 Å². The molecule has 0 bridgehead atoms. The normalized spacial score (nSPS) is 11.0. The Bertz CT molecular complexity index is 1230. The average molecular weight is 438 g/mol. The van der Waals surface area contributed by atoms with Crippen LogP contribution in [0.3, 0.4) is 0 Å². The first-order chi connectivity index (χ1) is 14.8. The van der Waals surface area contributed by atoms with Crippen LogP contribution in [0.1, 0.15) is 10.4 Å². The van der Waals surface area contributed by atoms with Crippen LogP contribution in [0.15, 0.2) is 79.4 Å². The van der Waals surface area contributed by atoms with E-state index in [0.717, 1.165) is 15.9 Å². The van der Waals surface area contributed by atoms with E-state index in [4.69, 9.17) is 0 Å². The number of amides is 2. The largest absolute Gasteiger partial charge is 0.349 e. The highest BCUT2D eigenvalue weighted by molar-refractivity contribution is 7.92. The van der Waals surface area contributed by atoms with Gasteiger partial charge in [0.25, 0.3) is 5.91 Å². The van der Waals surface area contributed by atoms with Crippen LogP contribution in [0.2, 0.25) is 0 Å². The number of carbonyl (C=O) groups excluding carboxylic acids is 2. The Morgan fingerprint density at radius 3 is 2.42 bits per heavy atom. The summed E-state index contributed by atoms with van der Waals surface area (Å²) in [5.74, 6) is -0.938. The molecule has 0 radical (unpaired) electrons. The monoisotopic (exact) mass is 437 g/mol. The lowest BCUT2D eigenvalue weighted by atomic mass is 10.1. The molecule has 0 fully saturated rings. The van der Waals surface area contributed by atoms with Gasteiger partial charge in [-0.1, -0.05) is 54.6 Å². The molecule has 0 aromatic heterocycles. The molecule has 0 aliphatic carbocycles. The van der Waals surface area contributed by atoms with Crippen LogP contribution in [0.5, 0.6) is 0 Å². The average Bonchev–Trinajstić information content (AvgIpc) is 2.75. The maximum absolute atomic E-state index is 12.8. The third-order valence-corrected chi connectivity index (χ3v) is 5.70. The van der Waals surface area contributed by atoms with Crippen molar-refractivity contribution in [3.05, 3.63) is 84.9 Å². The van der Waals surface area contributed by atoms with Gasteiger partial charge < -0.3 is 10.6 Å². The second-order valence-corrected chi connectivity index (χ2v) is 8.77. The van der Waals surface area contributed by atoms with Crippen LogP contribution in [-0.2, 0) is 14.8 Å². The number of nitrogens with one attached hydrogen (secondary N) is 2. The van der Waals surface area contributed by atoms with Gasteiger partial charge in [0.2, 0.25) is 15.9 Å². The number of hydrogen-bond acceptors (Lipinski definition) is 4. The minimum absolute atomic E-state index is 0.272. The minimum Gasteiger partial charge on any atom is -0.349 e. The Balaban J connectivity index is 1.89. The molecule has 0 aliphatic heterocycles. The number of fused-ring (bicyclic) bond motifs is 1. The topological polar surface area (TPSA) is 95.6 Å². The standard InChI is InChI=1S/C23H23N3O4S/c1-3-15-24-23(28)19-12-6-7-13-20(19)25-22(27)16-26(31(2,29)30)21-14-8-10-17-9-4-5-11-18(17)21/h3-14H,1,15-16H2,2H3,(H,24,28)(H,25,27). The number of benzene rings is 3. The summed E-state index contributed by atoms with van der Waals surface area (Å²) in [4.78, 5) is 25.1. The number of sulfonamides is 1. The van der Waals surface area contributed by atoms with E-state index in [9.17, 15) is 18.0 Å². The lowest BCUT2D eigenvalue weighted by molar-refractivity contribution is -0.114. The number of nitrogens with zero attached hydrogens (tertiary/aromatic N) is 1. The Morgan fingerprint density at radius 2 is 1.68 bits per heavy atom. The Morgan fingerprint density at radius 1 is 1.00 bits per heavy atom. The van der Waals surface area contributed by atoms with E-state index in [-0.39, 0.29) is 18.0 Å². The van der Waals surface area contributed by atoms with Gasteiger partial charge in [0.15, 0.2) is 0 Å². The minimum atomic E-state index is -3.75. The zero-order valence-corrected chi connectivity index (χ0v) is 17.9. The maximum atomic E-state index is 12.8. The fourth-order valence-electron chi connectivity index (χ4n) is 3.18. The fourth-order valence-corrected chi connectivity index (χ4v) is 4.05. The highest BCUT2D eigenvalue weighted by atomic mass is 32.2. The lowest BCUT2D eigenvalue weighted by Crippen LogP contribution is -2.38. The van der Waals surface area contributed by atoms with Gasteiger partial charge in [-0.2, -0.15) is 0 Å². The zero-order chi connectivity index (χ0) is 22.4. The fraction of sp³-hybridized carbons (Fsp3) is 0.130. The van der Waals surface area contributed by atoms with Crippen molar-refractivity contribution >= 4 is 44.0 Å². The first kappa shape index (κ1) is 22.0. The molecule has 0 aliphatic rings. The SMILES string of the molecule is C=CCNC(=O)c1ccccc1NC(=O)CN(c1cccc2ccccc12)S(C)(=O)=O. The van der Waals surface area contributed by atoms with Crippen molar-refractivity contribution in [2.75, 3.05) is 29.0 Å². The van der Waals surface area contributed by atoms with Crippen molar-refractivity contribution in [1.29, 1.82) is 0 Å². The van der Waals surface area contributed by atoms with Crippen molar-refractivity contribution in [3.8, 4) is 0 Å². The van der Waals surface area contributed by atoms with Crippen molar-refractivity contribution in [2.24, 2.45) is 0 Å². The molecule has 160 valence electrons. The first-order valence-electron chi connectivity index (χ1n) is 9.54. The molecule has 0 spiro atoms. The second kappa shape index (κ2) is 9.44. The van der Waals surface area contributed by atoms with E-state index in [1.54, 1.807) is 48.5 Å². The van der Waals surface area contributed by atoms with Crippen LogP contribution >= 0.6 is 0 Å². The quantitative estimate of drug-likeness (QED) is 0.529. The lowest BCUT2D eigenvalue weighted by Gasteiger charge is -2.23. The third-order valence-electron chi connectivity index (χ3n) is 4.58. The van der Waals surface area contributed by atoms with E-state index in [0.29, 0.717) is 16.8 Å². The van der Waals surface area contributed by atoms with Crippen molar-refractivity contribution in [3.63, 3.8) is 0 Å². The Kier molecular flexibility index (Phi) is 6.71. The summed E-state index contributed by atoms with van der Waals surface area (Å²) in [7, 11) is -3.75.